The van der Waals surface area contributed by atoms with Gasteiger partial charge in [0.25, 0.3) is 0 Å². The maximum absolute atomic E-state index is 15.0. The highest BCUT2D eigenvalue weighted by Crippen LogP contribution is 2.50. The maximum Gasteiger partial charge on any atom is 0.408 e. The lowest BCUT2D eigenvalue weighted by Crippen LogP contribution is -2.54. The van der Waals surface area contributed by atoms with Gasteiger partial charge in [-0.05, 0) is 74.8 Å². The number of nitrogens with zero attached hydrogens (tertiary/aromatic N) is 5. The molecule has 0 bridgehead atoms. The first-order chi connectivity index (χ1) is 19.0. The number of hydrogen-bond donors (Lipinski definition) is 1. The van der Waals surface area contributed by atoms with Crippen LogP contribution in [0.15, 0.2) is 18.3 Å². The molecule has 5 heterocycles. The highest BCUT2D eigenvalue weighted by molar-refractivity contribution is 14.1. The number of fused-ring (bicyclic) bond motifs is 2. The Morgan fingerprint density at radius 3 is 2.65 bits per heavy atom. The van der Waals surface area contributed by atoms with Crippen LogP contribution in [-0.2, 0) is 9.47 Å². The molecule has 6 rings (SSSR count). The van der Waals surface area contributed by atoms with Gasteiger partial charge in [-0.25, -0.2) is 28.2 Å². The highest BCUT2D eigenvalue weighted by Gasteiger charge is 2.53. The minimum atomic E-state index is -1.05. The van der Waals surface area contributed by atoms with Crippen LogP contribution >= 0.6 is 22.6 Å². The molecular weight excluding hydrogens is 637 g/mol. The summed E-state index contributed by atoms with van der Waals surface area (Å²) >= 11 is 2.16. The Hall–Kier alpha value is -2.81. The summed E-state index contributed by atoms with van der Waals surface area (Å²) in [6, 6.07) is 1.18. The summed E-state index contributed by atoms with van der Waals surface area (Å²) in [6.07, 6.45) is 4.53. The number of hydrogen-bond acceptors (Lipinski definition) is 8. The standard InChI is InChI=1S/C27H31F2IN6O4/c1-26(2,3)40-25(37)33-22-19-15(28)7-8-16(29)21(19)39-27(22)9-11-35(12-10-27)17-14-31-20-23(30)34-36(24(20)32-17)18-6-4-5-13-38-18/h7-8,14,18,22H,4-6,9-13H2,1-3H3,(H,33,37)/t18?,22-/m0/s1. The van der Waals surface area contributed by atoms with E-state index in [1.807, 2.05) is 4.68 Å². The van der Waals surface area contributed by atoms with Gasteiger partial charge in [0.05, 0.1) is 11.8 Å². The van der Waals surface area contributed by atoms with Crippen molar-refractivity contribution in [2.45, 2.75) is 76.3 Å². The number of amides is 1. The van der Waals surface area contributed by atoms with E-state index in [1.54, 1.807) is 27.0 Å². The molecule has 2 aromatic heterocycles. The van der Waals surface area contributed by atoms with Gasteiger partial charge in [0.2, 0.25) is 0 Å². The Morgan fingerprint density at radius 2 is 1.95 bits per heavy atom. The lowest BCUT2D eigenvalue weighted by Gasteiger charge is -2.42. The first-order valence-corrected chi connectivity index (χ1v) is 14.6. The van der Waals surface area contributed by atoms with Crippen LogP contribution in [0.5, 0.6) is 5.75 Å². The number of aromatic nitrogens is 4. The Morgan fingerprint density at radius 1 is 1.20 bits per heavy atom. The molecule has 0 radical (unpaired) electrons. The third-order valence-corrected chi connectivity index (χ3v) is 8.31. The molecular formula is C27H31F2IN6O4. The molecule has 1 unspecified atom stereocenters. The quantitative estimate of drug-likeness (QED) is 0.370. The van der Waals surface area contributed by atoms with E-state index in [1.165, 1.54) is 0 Å². The van der Waals surface area contributed by atoms with Crippen LogP contribution in [0, 0.1) is 15.3 Å². The van der Waals surface area contributed by atoms with E-state index < -0.39 is 35.0 Å². The lowest BCUT2D eigenvalue weighted by molar-refractivity contribution is -0.0372. The molecule has 1 amide bonds. The summed E-state index contributed by atoms with van der Waals surface area (Å²) in [7, 11) is 0. The Balaban J connectivity index is 1.27. The van der Waals surface area contributed by atoms with Crippen LogP contribution in [-0.4, -0.2) is 56.7 Å². The summed E-state index contributed by atoms with van der Waals surface area (Å²) in [5.74, 6) is -0.807. The SMILES string of the molecule is CC(C)(C)OC(=O)N[C@H]1c2c(F)ccc(F)c2OC12CCN(c1cnc3c(I)nn(C4CCCCO4)c3n1)CC2. The van der Waals surface area contributed by atoms with E-state index in [2.05, 4.69) is 42.9 Å². The number of rotatable bonds is 3. The van der Waals surface area contributed by atoms with E-state index in [0.717, 1.165) is 35.1 Å². The Labute approximate surface area is 243 Å². The minimum absolute atomic E-state index is 0.00600. The van der Waals surface area contributed by atoms with Crippen molar-refractivity contribution < 1.29 is 27.8 Å². The van der Waals surface area contributed by atoms with Gasteiger partial charge in [-0.15, -0.1) is 0 Å². The zero-order valence-electron chi connectivity index (χ0n) is 22.5. The van der Waals surface area contributed by atoms with Gasteiger partial charge >= 0.3 is 6.09 Å². The molecule has 40 heavy (non-hydrogen) atoms. The smallest absolute Gasteiger partial charge is 0.408 e. The molecule has 1 N–H and O–H groups in total. The third kappa shape index (κ3) is 4.95. The van der Waals surface area contributed by atoms with E-state index in [4.69, 9.17) is 19.2 Å². The van der Waals surface area contributed by atoms with Crippen molar-refractivity contribution in [2.75, 3.05) is 24.6 Å². The summed E-state index contributed by atoms with van der Waals surface area (Å²) in [5.41, 5.74) is -0.426. The average Bonchev–Trinajstić information content (AvgIpc) is 3.41. The second kappa shape index (κ2) is 10.2. The topological polar surface area (TPSA) is 104 Å². The molecule has 1 aromatic carbocycles. The van der Waals surface area contributed by atoms with Crippen LogP contribution in [0.1, 0.15) is 70.7 Å². The van der Waals surface area contributed by atoms with Crippen molar-refractivity contribution >= 4 is 45.7 Å². The van der Waals surface area contributed by atoms with Crippen LogP contribution in [0.2, 0.25) is 0 Å². The van der Waals surface area contributed by atoms with Crippen LogP contribution in [0.4, 0.5) is 19.4 Å². The fourth-order valence-corrected chi connectivity index (χ4v) is 6.33. The normalized spacial score (nSPS) is 22.3. The zero-order valence-corrected chi connectivity index (χ0v) is 24.7. The molecule has 3 aliphatic heterocycles. The maximum atomic E-state index is 15.0. The van der Waals surface area contributed by atoms with Crippen molar-refractivity contribution in [3.8, 4) is 5.75 Å². The number of benzene rings is 1. The average molecular weight is 668 g/mol. The first-order valence-electron chi connectivity index (χ1n) is 13.5. The number of alkyl carbamates (subject to hydrolysis) is 1. The molecule has 2 fully saturated rings. The molecule has 10 nitrogen and oxygen atoms in total. The fraction of sp³-hybridized carbons (Fsp3) is 0.556. The number of nitrogens with one attached hydrogen (secondary N) is 1. The molecule has 2 saturated heterocycles. The van der Waals surface area contributed by atoms with Crippen LogP contribution < -0.4 is 15.0 Å². The zero-order chi connectivity index (χ0) is 28.2. The van der Waals surface area contributed by atoms with Crippen molar-refractivity contribution in [1.82, 2.24) is 25.1 Å². The Kier molecular flexibility index (Phi) is 7.00. The molecule has 2 atom stereocenters. The van der Waals surface area contributed by atoms with E-state index >= 15 is 4.39 Å². The van der Waals surface area contributed by atoms with E-state index in [9.17, 15) is 9.18 Å². The molecule has 0 saturated carbocycles. The summed E-state index contributed by atoms with van der Waals surface area (Å²) < 4.78 is 50.0. The fourth-order valence-electron chi connectivity index (χ4n) is 5.72. The monoisotopic (exact) mass is 668 g/mol. The largest absolute Gasteiger partial charge is 0.481 e. The predicted octanol–water partition coefficient (Wildman–Crippen LogP) is 5.41. The van der Waals surface area contributed by atoms with E-state index in [0.29, 0.717) is 49.5 Å². The van der Waals surface area contributed by atoms with Gasteiger partial charge in [0.15, 0.2) is 27.1 Å². The summed E-state index contributed by atoms with van der Waals surface area (Å²) in [4.78, 5) is 24.4. The van der Waals surface area contributed by atoms with Crippen molar-refractivity contribution in [2.24, 2.45) is 0 Å². The summed E-state index contributed by atoms with van der Waals surface area (Å²) in [6.45, 7) is 6.85. The minimum Gasteiger partial charge on any atom is -0.481 e. The third-order valence-electron chi connectivity index (χ3n) is 7.59. The van der Waals surface area contributed by atoms with Crippen molar-refractivity contribution in [1.29, 1.82) is 0 Å². The number of anilines is 1. The molecule has 13 heteroatoms. The van der Waals surface area contributed by atoms with Gasteiger partial charge in [0, 0.05) is 32.5 Å². The second-order valence-corrected chi connectivity index (χ2v) is 12.5. The number of halogens is 3. The Bertz CT molecular complexity index is 1450. The lowest BCUT2D eigenvalue weighted by atomic mass is 9.82. The second-order valence-electron chi connectivity index (χ2n) is 11.5. The van der Waals surface area contributed by atoms with Gasteiger partial charge in [-0.1, -0.05) is 0 Å². The first kappa shape index (κ1) is 27.4. The van der Waals surface area contributed by atoms with Crippen molar-refractivity contribution in [3.63, 3.8) is 0 Å². The van der Waals surface area contributed by atoms with Gasteiger partial charge in [-0.2, -0.15) is 5.10 Å². The molecule has 214 valence electrons. The highest BCUT2D eigenvalue weighted by atomic mass is 127. The van der Waals surface area contributed by atoms with Gasteiger partial charge in [0.1, 0.15) is 34.4 Å². The predicted molar refractivity (Wildman–Crippen MR) is 150 cm³/mol. The number of carbonyl (C=O) groups excluding carboxylic acids is 1. The van der Waals surface area contributed by atoms with E-state index in [-0.39, 0.29) is 17.5 Å². The van der Waals surface area contributed by atoms with Gasteiger partial charge in [-0.3, -0.25) is 0 Å². The number of carbonyl (C=O) groups is 1. The molecule has 3 aliphatic rings. The number of ether oxygens (including phenoxy) is 3. The van der Waals surface area contributed by atoms with Crippen molar-refractivity contribution in [3.05, 3.63) is 39.2 Å². The molecule has 1 spiro atoms. The molecule has 0 aliphatic carbocycles. The van der Waals surface area contributed by atoms with Crippen LogP contribution in [0.25, 0.3) is 11.2 Å². The summed E-state index contributed by atoms with van der Waals surface area (Å²) in [5, 5.41) is 7.43. The number of piperidine rings is 1. The van der Waals surface area contributed by atoms with Crippen LogP contribution in [0.3, 0.4) is 0 Å². The van der Waals surface area contributed by atoms with Gasteiger partial charge < -0.3 is 24.4 Å². The molecule has 3 aromatic rings.